The molecule has 2 nitrogen and oxygen atoms in total. The molecule has 0 radical (unpaired) electrons. The van der Waals surface area contributed by atoms with E-state index < -0.39 is 0 Å². The zero-order chi connectivity index (χ0) is 19.6. The van der Waals surface area contributed by atoms with Crippen LogP contribution in [0.1, 0.15) is 44.4 Å². The molecular weight excluding hydrogens is 328 g/mol. The number of para-hydroxylation sites is 1. The molecule has 2 aromatic carbocycles. The second kappa shape index (κ2) is 8.12. The Kier molecular flexibility index (Phi) is 5.84. The number of benzene rings is 2. The normalized spacial score (nSPS) is 11.6. The second-order valence-electron chi connectivity index (χ2n) is 8.57. The van der Waals surface area contributed by atoms with Crippen LogP contribution in [0.5, 0.6) is 0 Å². The predicted octanol–water partition coefficient (Wildman–Crippen LogP) is 5.67. The van der Waals surface area contributed by atoms with E-state index in [0.29, 0.717) is 11.8 Å². The smallest absolute Gasteiger partial charge is 0.128 e. The average Bonchev–Trinajstić information content (AvgIpc) is 2.95. The van der Waals surface area contributed by atoms with E-state index in [2.05, 4.69) is 106 Å². The van der Waals surface area contributed by atoms with E-state index in [4.69, 9.17) is 0 Å². The van der Waals surface area contributed by atoms with Gasteiger partial charge in [0.25, 0.3) is 0 Å². The van der Waals surface area contributed by atoms with Crippen LogP contribution in [0.3, 0.4) is 0 Å². The molecule has 0 saturated carbocycles. The van der Waals surface area contributed by atoms with Crippen molar-refractivity contribution in [3.05, 3.63) is 71.5 Å². The van der Waals surface area contributed by atoms with Crippen molar-refractivity contribution in [3.63, 3.8) is 0 Å². The van der Waals surface area contributed by atoms with Crippen LogP contribution in [0.4, 0.5) is 0 Å². The van der Waals surface area contributed by atoms with Crippen molar-refractivity contribution in [1.82, 2.24) is 4.68 Å². The number of aryl methyl sites for hydroxylation is 2. The van der Waals surface area contributed by atoms with Crippen molar-refractivity contribution in [2.45, 2.75) is 47.5 Å². The van der Waals surface area contributed by atoms with Gasteiger partial charge in [-0.15, -0.1) is 9.36 Å². The number of hydrogen-bond acceptors (Lipinski definition) is 0. The Balaban J connectivity index is 2.15. The van der Waals surface area contributed by atoms with Gasteiger partial charge in [-0.1, -0.05) is 64.1 Å². The average molecular weight is 362 g/mol. The highest BCUT2D eigenvalue weighted by molar-refractivity contribution is 5.70. The number of rotatable bonds is 6. The third kappa shape index (κ3) is 4.32. The Labute approximate surface area is 164 Å². The molecule has 0 unspecified atom stereocenters. The lowest BCUT2D eigenvalue weighted by atomic mass is 9.88. The molecule has 1 heterocycles. The van der Waals surface area contributed by atoms with Gasteiger partial charge in [0, 0.05) is 0 Å². The number of aromatic nitrogens is 2. The van der Waals surface area contributed by atoms with Crippen molar-refractivity contribution in [3.8, 4) is 16.8 Å². The molecule has 3 rings (SSSR count). The summed E-state index contributed by atoms with van der Waals surface area (Å²) in [5.41, 5.74) is 8.19. The van der Waals surface area contributed by atoms with E-state index >= 15 is 0 Å². The van der Waals surface area contributed by atoms with E-state index in [1.54, 1.807) is 0 Å². The summed E-state index contributed by atoms with van der Waals surface area (Å²) in [6.45, 7) is 11.4. The van der Waals surface area contributed by atoms with Gasteiger partial charge in [0.2, 0.25) is 6.20 Å². The lowest BCUT2D eigenvalue weighted by molar-refractivity contribution is -0.744. The lowest BCUT2D eigenvalue weighted by Gasteiger charge is -2.16. The molecule has 1 aromatic heterocycles. The van der Waals surface area contributed by atoms with Gasteiger partial charge in [-0.25, -0.2) is 0 Å². The molecule has 142 valence electrons. The summed E-state index contributed by atoms with van der Waals surface area (Å²) in [6.07, 6.45) is 6.79. The maximum Gasteiger partial charge on any atom is 0.203 e. The minimum Gasteiger partial charge on any atom is -0.128 e. The highest BCUT2D eigenvalue weighted by Crippen LogP contribution is 2.31. The first-order valence-corrected chi connectivity index (χ1v) is 10.1. The van der Waals surface area contributed by atoms with Crippen molar-refractivity contribution in [2.24, 2.45) is 18.9 Å². The Bertz CT molecular complexity index is 888. The highest BCUT2D eigenvalue weighted by atomic mass is 15.4. The van der Waals surface area contributed by atoms with Crippen LogP contribution in [0.15, 0.2) is 54.9 Å². The standard InChI is InChI=1S/C25H33N2/c1-18(2)14-21-11-9-12-22(15-19(3)4)25(21)23-16-26(6)27(17-23)24-13-8-7-10-20(24)5/h7-13,16-19H,14-15H2,1-6H3/q+1. The summed E-state index contributed by atoms with van der Waals surface area (Å²) < 4.78 is 4.46. The van der Waals surface area contributed by atoms with Gasteiger partial charge < -0.3 is 0 Å². The quantitative estimate of drug-likeness (QED) is 0.500. The van der Waals surface area contributed by atoms with Gasteiger partial charge in [0.1, 0.15) is 5.69 Å². The predicted molar refractivity (Wildman–Crippen MR) is 114 cm³/mol. The lowest BCUT2D eigenvalue weighted by Crippen LogP contribution is -2.36. The Morgan fingerprint density at radius 2 is 1.44 bits per heavy atom. The summed E-state index contributed by atoms with van der Waals surface area (Å²) in [4.78, 5) is 0. The zero-order valence-corrected chi connectivity index (χ0v) is 17.7. The number of hydrogen-bond donors (Lipinski definition) is 0. The van der Waals surface area contributed by atoms with E-state index in [-0.39, 0.29) is 0 Å². The molecule has 0 aliphatic heterocycles. The third-order valence-corrected chi connectivity index (χ3v) is 5.07. The third-order valence-electron chi connectivity index (χ3n) is 5.07. The molecule has 0 aliphatic carbocycles. The first-order valence-electron chi connectivity index (χ1n) is 10.1. The summed E-state index contributed by atoms with van der Waals surface area (Å²) in [7, 11) is 2.13. The maximum atomic E-state index is 2.31. The van der Waals surface area contributed by atoms with Crippen LogP contribution >= 0.6 is 0 Å². The van der Waals surface area contributed by atoms with Crippen molar-refractivity contribution in [1.29, 1.82) is 0 Å². The largest absolute Gasteiger partial charge is 0.203 e. The minimum atomic E-state index is 0.644. The molecule has 0 amide bonds. The van der Waals surface area contributed by atoms with Gasteiger partial charge in [0.05, 0.1) is 11.8 Å². The molecule has 0 saturated heterocycles. The monoisotopic (exact) mass is 361 g/mol. The van der Waals surface area contributed by atoms with E-state index in [9.17, 15) is 0 Å². The summed E-state index contributed by atoms with van der Waals surface area (Å²) in [5.74, 6) is 1.29. The van der Waals surface area contributed by atoms with Crippen molar-refractivity contribution in [2.75, 3.05) is 0 Å². The summed E-state index contributed by atoms with van der Waals surface area (Å²) >= 11 is 0. The highest BCUT2D eigenvalue weighted by Gasteiger charge is 2.19. The second-order valence-corrected chi connectivity index (χ2v) is 8.57. The van der Waals surface area contributed by atoms with E-state index in [1.165, 1.54) is 33.5 Å². The van der Waals surface area contributed by atoms with Gasteiger partial charge in [-0.05, 0) is 59.9 Å². The molecule has 0 N–H and O–H groups in total. The molecular formula is C25H33N2+. The van der Waals surface area contributed by atoms with Gasteiger partial charge in [0.15, 0.2) is 7.05 Å². The van der Waals surface area contributed by atoms with Crippen LogP contribution in [0.25, 0.3) is 16.8 Å². The van der Waals surface area contributed by atoms with E-state index in [0.717, 1.165) is 12.8 Å². The first kappa shape index (κ1) is 19.4. The van der Waals surface area contributed by atoms with Crippen LogP contribution < -0.4 is 4.68 Å². The molecule has 0 aliphatic rings. The van der Waals surface area contributed by atoms with Gasteiger partial charge >= 0.3 is 0 Å². The summed E-state index contributed by atoms with van der Waals surface area (Å²) in [5, 5.41) is 0. The van der Waals surface area contributed by atoms with Crippen LogP contribution in [-0.2, 0) is 19.9 Å². The molecule has 0 bridgehead atoms. The molecule has 2 heteroatoms. The zero-order valence-electron chi connectivity index (χ0n) is 17.7. The van der Waals surface area contributed by atoms with Gasteiger partial charge in [-0.3, -0.25) is 0 Å². The Morgan fingerprint density at radius 1 is 0.852 bits per heavy atom. The molecule has 0 spiro atoms. The molecule has 3 aromatic rings. The van der Waals surface area contributed by atoms with Crippen LogP contribution in [-0.4, -0.2) is 4.68 Å². The van der Waals surface area contributed by atoms with Crippen molar-refractivity contribution >= 4 is 0 Å². The van der Waals surface area contributed by atoms with E-state index in [1.807, 2.05) is 0 Å². The van der Waals surface area contributed by atoms with Crippen molar-refractivity contribution < 1.29 is 4.68 Å². The fourth-order valence-corrected chi connectivity index (χ4v) is 3.95. The molecule has 0 atom stereocenters. The Hall–Kier alpha value is -2.35. The minimum absolute atomic E-state index is 0.644. The fourth-order valence-electron chi connectivity index (χ4n) is 3.95. The number of nitrogens with zero attached hydrogens (tertiary/aromatic N) is 2. The van der Waals surface area contributed by atoms with Crippen LogP contribution in [0, 0.1) is 18.8 Å². The molecule has 0 fully saturated rings. The summed E-state index contributed by atoms with van der Waals surface area (Å²) in [6, 6.07) is 15.4. The fraction of sp³-hybridized carbons (Fsp3) is 0.400. The Morgan fingerprint density at radius 3 is 2.00 bits per heavy atom. The first-order chi connectivity index (χ1) is 12.9. The molecule has 27 heavy (non-hydrogen) atoms. The van der Waals surface area contributed by atoms with Crippen LogP contribution in [0.2, 0.25) is 0 Å². The SMILES string of the molecule is Cc1ccccc1-n1cc(-c2c(CC(C)C)cccc2CC(C)C)c[n+]1C. The topological polar surface area (TPSA) is 8.81 Å². The van der Waals surface area contributed by atoms with Gasteiger partial charge in [-0.2, -0.15) is 0 Å². The maximum absolute atomic E-state index is 2.31.